The van der Waals surface area contributed by atoms with Crippen molar-refractivity contribution >= 4 is 5.97 Å². The second kappa shape index (κ2) is 6.50. The maximum absolute atomic E-state index is 13.4. The second-order valence-corrected chi connectivity index (χ2v) is 5.03. The number of nitrogens with one attached hydrogen (secondary N) is 1. The van der Waals surface area contributed by atoms with Crippen molar-refractivity contribution in [2.45, 2.75) is 39.8 Å². The lowest BCUT2D eigenvalue weighted by Crippen LogP contribution is -2.26. The average molecular weight is 253 g/mol. The van der Waals surface area contributed by atoms with Crippen LogP contribution in [0.3, 0.4) is 0 Å². The molecule has 0 aliphatic heterocycles. The largest absolute Gasteiger partial charge is 0.478 e. The van der Waals surface area contributed by atoms with Gasteiger partial charge in [0, 0.05) is 12.6 Å². The molecule has 3 nitrogen and oxygen atoms in total. The van der Waals surface area contributed by atoms with E-state index in [2.05, 4.69) is 26.1 Å². The van der Waals surface area contributed by atoms with Crippen molar-refractivity contribution in [2.75, 3.05) is 0 Å². The molecule has 1 rings (SSSR count). The van der Waals surface area contributed by atoms with Crippen LogP contribution in [-0.4, -0.2) is 17.1 Å². The van der Waals surface area contributed by atoms with Crippen LogP contribution in [0.4, 0.5) is 4.39 Å². The van der Waals surface area contributed by atoms with Crippen LogP contribution in [0.1, 0.15) is 43.1 Å². The third-order valence-electron chi connectivity index (χ3n) is 2.74. The molecule has 0 fully saturated rings. The monoisotopic (exact) mass is 253 g/mol. The highest BCUT2D eigenvalue weighted by Gasteiger charge is 2.11. The van der Waals surface area contributed by atoms with Gasteiger partial charge in [0.05, 0.1) is 5.56 Å². The van der Waals surface area contributed by atoms with Crippen molar-refractivity contribution in [1.82, 2.24) is 5.32 Å². The Morgan fingerprint density at radius 1 is 1.39 bits per heavy atom. The number of hydrogen-bond acceptors (Lipinski definition) is 2. The topological polar surface area (TPSA) is 49.3 Å². The van der Waals surface area contributed by atoms with E-state index in [9.17, 15) is 9.18 Å². The van der Waals surface area contributed by atoms with Crippen LogP contribution in [-0.2, 0) is 6.54 Å². The highest BCUT2D eigenvalue weighted by molar-refractivity contribution is 5.87. The van der Waals surface area contributed by atoms with Gasteiger partial charge in [-0.2, -0.15) is 0 Å². The van der Waals surface area contributed by atoms with Gasteiger partial charge in [-0.15, -0.1) is 0 Å². The lowest BCUT2D eigenvalue weighted by molar-refractivity contribution is 0.0692. The first kappa shape index (κ1) is 14.6. The summed E-state index contributed by atoms with van der Waals surface area (Å²) in [6.45, 7) is 6.94. The van der Waals surface area contributed by atoms with Crippen LogP contribution in [0.25, 0.3) is 0 Å². The summed E-state index contributed by atoms with van der Waals surface area (Å²) >= 11 is 0. The first-order chi connectivity index (χ1) is 8.40. The summed E-state index contributed by atoms with van der Waals surface area (Å²) < 4.78 is 13.4. The second-order valence-electron chi connectivity index (χ2n) is 5.03. The number of carboxylic acids is 1. The molecule has 2 N–H and O–H groups in total. The molecule has 4 heteroatoms. The van der Waals surface area contributed by atoms with Gasteiger partial charge in [0.15, 0.2) is 0 Å². The number of halogens is 1. The molecular formula is C14H20FNO2. The molecule has 1 unspecified atom stereocenters. The molecule has 1 atom stereocenters. The van der Waals surface area contributed by atoms with Gasteiger partial charge in [-0.3, -0.25) is 0 Å². The maximum Gasteiger partial charge on any atom is 0.338 e. The first-order valence-electron chi connectivity index (χ1n) is 6.15. The Kier molecular flexibility index (Phi) is 5.28. The minimum absolute atomic E-state index is 0.283. The summed E-state index contributed by atoms with van der Waals surface area (Å²) in [6, 6.07) is 4.58. The van der Waals surface area contributed by atoms with Gasteiger partial charge >= 0.3 is 5.97 Å². The Bertz CT molecular complexity index is 418. The molecule has 0 heterocycles. The number of carbonyl (C=O) groups is 1. The van der Waals surface area contributed by atoms with Crippen molar-refractivity contribution in [2.24, 2.45) is 5.92 Å². The van der Waals surface area contributed by atoms with E-state index >= 15 is 0 Å². The van der Waals surface area contributed by atoms with Gasteiger partial charge in [-0.05, 0) is 37.0 Å². The summed E-state index contributed by atoms with van der Waals surface area (Å²) in [7, 11) is 0. The fourth-order valence-electron chi connectivity index (χ4n) is 1.92. The molecular weight excluding hydrogens is 233 g/mol. The number of carboxylic acid groups (broad SMARTS) is 1. The molecule has 0 saturated carbocycles. The minimum Gasteiger partial charge on any atom is -0.478 e. The fourth-order valence-corrected chi connectivity index (χ4v) is 1.92. The van der Waals surface area contributed by atoms with Crippen LogP contribution < -0.4 is 5.32 Å². The van der Waals surface area contributed by atoms with E-state index in [-0.39, 0.29) is 5.56 Å². The molecule has 0 saturated heterocycles. The maximum atomic E-state index is 13.4. The van der Waals surface area contributed by atoms with E-state index in [1.807, 2.05) is 0 Å². The molecule has 1 aromatic carbocycles. The van der Waals surface area contributed by atoms with E-state index in [0.29, 0.717) is 18.5 Å². The molecule has 1 aromatic rings. The number of hydrogen-bond donors (Lipinski definition) is 2. The summed E-state index contributed by atoms with van der Waals surface area (Å²) in [5.74, 6) is -1.31. The SMILES string of the molecule is CC(C)CC(C)NCc1ccc(C(=O)O)c(F)c1. The summed E-state index contributed by atoms with van der Waals surface area (Å²) in [4.78, 5) is 10.7. The lowest BCUT2D eigenvalue weighted by Gasteiger charge is -2.16. The Morgan fingerprint density at radius 2 is 2.06 bits per heavy atom. The van der Waals surface area contributed by atoms with Crippen LogP contribution in [0, 0.1) is 11.7 Å². The first-order valence-corrected chi connectivity index (χ1v) is 6.15. The predicted molar refractivity (Wildman–Crippen MR) is 69.1 cm³/mol. The van der Waals surface area contributed by atoms with E-state index in [1.54, 1.807) is 6.07 Å². The lowest BCUT2D eigenvalue weighted by atomic mass is 10.0. The fraction of sp³-hybridized carbons (Fsp3) is 0.500. The molecule has 0 spiro atoms. The summed E-state index contributed by atoms with van der Waals surface area (Å²) in [5, 5.41) is 12.0. The van der Waals surface area contributed by atoms with E-state index in [4.69, 9.17) is 5.11 Å². The average Bonchev–Trinajstić information content (AvgIpc) is 2.25. The van der Waals surface area contributed by atoms with Gasteiger partial charge < -0.3 is 10.4 Å². The summed E-state index contributed by atoms with van der Waals surface area (Å²) in [5.41, 5.74) is 0.474. The van der Waals surface area contributed by atoms with Crippen LogP contribution in [0.15, 0.2) is 18.2 Å². The molecule has 0 aliphatic rings. The van der Waals surface area contributed by atoms with Crippen molar-refractivity contribution in [3.8, 4) is 0 Å². The molecule has 0 aliphatic carbocycles. The third-order valence-corrected chi connectivity index (χ3v) is 2.74. The zero-order valence-corrected chi connectivity index (χ0v) is 11.0. The molecule has 0 amide bonds. The molecule has 18 heavy (non-hydrogen) atoms. The van der Waals surface area contributed by atoms with Gasteiger partial charge in [-0.1, -0.05) is 19.9 Å². The van der Waals surface area contributed by atoms with Gasteiger partial charge in [0.2, 0.25) is 0 Å². The smallest absolute Gasteiger partial charge is 0.338 e. The quantitative estimate of drug-likeness (QED) is 0.819. The highest BCUT2D eigenvalue weighted by atomic mass is 19.1. The normalized spacial score (nSPS) is 12.7. The highest BCUT2D eigenvalue weighted by Crippen LogP contribution is 2.11. The standard InChI is InChI=1S/C14H20FNO2/c1-9(2)6-10(3)16-8-11-4-5-12(14(17)18)13(15)7-11/h4-5,7,9-10,16H,6,8H2,1-3H3,(H,17,18). The molecule has 100 valence electrons. The molecule has 0 bridgehead atoms. The van der Waals surface area contributed by atoms with Crippen molar-refractivity contribution < 1.29 is 14.3 Å². The number of benzene rings is 1. The van der Waals surface area contributed by atoms with Gasteiger partial charge in [-0.25, -0.2) is 9.18 Å². The molecule has 0 aromatic heterocycles. The minimum atomic E-state index is -1.24. The van der Waals surface area contributed by atoms with Crippen LogP contribution in [0.2, 0.25) is 0 Å². The number of rotatable bonds is 6. The van der Waals surface area contributed by atoms with Crippen LogP contribution >= 0.6 is 0 Å². The van der Waals surface area contributed by atoms with E-state index in [0.717, 1.165) is 12.0 Å². The Balaban J connectivity index is 2.58. The molecule has 0 radical (unpaired) electrons. The van der Waals surface area contributed by atoms with E-state index in [1.165, 1.54) is 12.1 Å². The third kappa shape index (κ3) is 4.45. The Morgan fingerprint density at radius 3 is 2.56 bits per heavy atom. The van der Waals surface area contributed by atoms with Crippen molar-refractivity contribution in [3.05, 3.63) is 35.1 Å². The van der Waals surface area contributed by atoms with Crippen molar-refractivity contribution in [3.63, 3.8) is 0 Å². The predicted octanol–water partition coefficient (Wildman–Crippen LogP) is 3.05. The van der Waals surface area contributed by atoms with Crippen molar-refractivity contribution in [1.29, 1.82) is 0 Å². The summed E-state index contributed by atoms with van der Waals surface area (Å²) in [6.07, 6.45) is 1.05. The zero-order chi connectivity index (χ0) is 13.7. The Hall–Kier alpha value is -1.42. The Labute approximate surface area is 107 Å². The zero-order valence-electron chi connectivity index (χ0n) is 11.0. The van der Waals surface area contributed by atoms with E-state index < -0.39 is 11.8 Å². The van der Waals surface area contributed by atoms with Gasteiger partial charge in [0.1, 0.15) is 5.82 Å². The van der Waals surface area contributed by atoms with Gasteiger partial charge in [0.25, 0.3) is 0 Å². The number of aromatic carboxylic acids is 1. The van der Waals surface area contributed by atoms with Crippen LogP contribution in [0.5, 0.6) is 0 Å².